The van der Waals surface area contributed by atoms with Crippen molar-refractivity contribution in [2.24, 2.45) is 0 Å². The van der Waals surface area contributed by atoms with Crippen molar-refractivity contribution in [3.05, 3.63) is 52.8 Å². The van der Waals surface area contributed by atoms with Gasteiger partial charge < -0.3 is 15.3 Å². The summed E-state index contributed by atoms with van der Waals surface area (Å²) in [7, 11) is 0. The molecule has 1 saturated heterocycles. The number of aromatic nitrogens is 3. The van der Waals surface area contributed by atoms with Crippen LogP contribution < -0.4 is 10.2 Å². The van der Waals surface area contributed by atoms with E-state index in [0.29, 0.717) is 25.3 Å². The van der Waals surface area contributed by atoms with Gasteiger partial charge in [0.05, 0.1) is 21.3 Å². The molecule has 156 valence electrons. The van der Waals surface area contributed by atoms with Gasteiger partial charge in [-0.3, -0.25) is 4.79 Å². The number of carbonyl (C=O) groups excluding carboxylic acids is 1. The van der Waals surface area contributed by atoms with Crippen molar-refractivity contribution < 1.29 is 9.90 Å². The highest BCUT2D eigenvalue weighted by molar-refractivity contribution is 7.15. The minimum Gasteiger partial charge on any atom is -0.508 e. The molecule has 7 nitrogen and oxygen atoms in total. The summed E-state index contributed by atoms with van der Waals surface area (Å²) in [6, 6.07) is 8.99. The predicted octanol–water partition coefficient (Wildman–Crippen LogP) is 3.25. The third-order valence-corrected chi connectivity index (χ3v) is 6.29. The molecule has 0 saturated carbocycles. The monoisotopic (exact) mass is 423 g/mol. The summed E-state index contributed by atoms with van der Waals surface area (Å²) in [6.45, 7) is 5.51. The molecule has 0 bridgehead atoms. The lowest BCUT2D eigenvalue weighted by Crippen LogP contribution is -2.37. The number of aryl methyl sites for hydroxylation is 3. The van der Waals surface area contributed by atoms with Crippen molar-refractivity contribution >= 4 is 23.2 Å². The zero-order valence-electron chi connectivity index (χ0n) is 17.1. The summed E-state index contributed by atoms with van der Waals surface area (Å²) in [4.78, 5) is 29.2. The molecule has 3 heterocycles. The maximum atomic E-state index is 12.3. The van der Waals surface area contributed by atoms with Gasteiger partial charge in [0.25, 0.3) is 0 Å². The summed E-state index contributed by atoms with van der Waals surface area (Å²) < 4.78 is 0. The standard InChI is InChI=1S/C22H25N5O2S/c1-14-21(30-15(2)24-14)19-9-11-23-22(26-19)27-12-10-17(13-27)25-20(29)8-5-16-3-6-18(28)7-4-16/h3-4,6-7,9,11,17,28H,5,8,10,12-13H2,1-2H3,(H,25,29). The molecule has 1 amide bonds. The summed E-state index contributed by atoms with van der Waals surface area (Å²) in [5.41, 5.74) is 2.92. The quantitative estimate of drug-likeness (QED) is 0.632. The Kier molecular flexibility index (Phi) is 5.94. The first-order valence-electron chi connectivity index (χ1n) is 10.1. The number of anilines is 1. The molecule has 2 N–H and O–H groups in total. The second kappa shape index (κ2) is 8.79. The van der Waals surface area contributed by atoms with Crippen LogP contribution >= 0.6 is 11.3 Å². The zero-order valence-corrected chi connectivity index (χ0v) is 17.9. The molecule has 1 aromatic carbocycles. The minimum atomic E-state index is 0.0420. The fourth-order valence-electron chi connectivity index (χ4n) is 3.68. The smallest absolute Gasteiger partial charge is 0.225 e. The van der Waals surface area contributed by atoms with Crippen LogP contribution in [0.5, 0.6) is 5.75 Å². The maximum Gasteiger partial charge on any atom is 0.225 e. The number of nitrogens with zero attached hydrogens (tertiary/aromatic N) is 4. The molecule has 0 radical (unpaired) electrons. The van der Waals surface area contributed by atoms with Crippen molar-refractivity contribution in [1.29, 1.82) is 0 Å². The Hall–Kier alpha value is -3.00. The van der Waals surface area contributed by atoms with E-state index in [0.717, 1.165) is 39.8 Å². The Morgan fingerprint density at radius 2 is 2.03 bits per heavy atom. The third kappa shape index (κ3) is 4.76. The van der Waals surface area contributed by atoms with Crippen molar-refractivity contribution in [1.82, 2.24) is 20.3 Å². The van der Waals surface area contributed by atoms with Crippen molar-refractivity contribution in [2.75, 3.05) is 18.0 Å². The lowest BCUT2D eigenvalue weighted by molar-refractivity contribution is -0.121. The molecule has 1 aliphatic rings. The Bertz CT molecular complexity index is 1030. The largest absolute Gasteiger partial charge is 0.508 e. The van der Waals surface area contributed by atoms with Crippen LogP contribution in [-0.4, -0.2) is 45.1 Å². The lowest BCUT2D eigenvalue weighted by Gasteiger charge is -2.17. The van der Waals surface area contributed by atoms with E-state index in [1.54, 1.807) is 29.7 Å². The summed E-state index contributed by atoms with van der Waals surface area (Å²) in [6.07, 6.45) is 3.74. The van der Waals surface area contributed by atoms with Crippen LogP contribution in [0.4, 0.5) is 5.95 Å². The predicted molar refractivity (Wildman–Crippen MR) is 118 cm³/mol. The zero-order chi connectivity index (χ0) is 21.1. The molecular formula is C22H25N5O2S. The summed E-state index contributed by atoms with van der Waals surface area (Å²) in [5, 5.41) is 13.5. The van der Waals surface area contributed by atoms with Crippen LogP contribution in [0, 0.1) is 13.8 Å². The molecular weight excluding hydrogens is 398 g/mol. The van der Waals surface area contributed by atoms with Crippen LogP contribution in [0.25, 0.3) is 10.6 Å². The molecule has 3 aromatic rings. The van der Waals surface area contributed by atoms with Gasteiger partial charge >= 0.3 is 0 Å². The first-order chi connectivity index (χ1) is 14.5. The van der Waals surface area contributed by atoms with Gasteiger partial charge in [-0.05, 0) is 50.5 Å². The molecule has 1 aliphatic heterocycles. The minimum absolute atomic E-state index is 0.0420. The van der Waals surface area contributed by atoms with E-state index in [-0.39, 0.29) is 17.7 Å². The number of phenolic OH excluding ortho intramolecular Hbond substituents is 1. The highest BCUT2D eigenvalue weighted by Crippen LogP contribution is 2.29. The Morgan fingerprint density at radius 1 is 1.23 bits per heavy atom. The fraction of sp³-hybridized carbons (Fsp3) is 0.364. The van der Waals surface area contributed by atoms with E-state index in [1.165, 1.54) is 0 Å². The molecule has 0 aliphatic carbocycles. The van der Waals surface area contributed by atoms with E-state index < -0.39 is 0 Å². The van der Waals surface area contributed by atoms with Crippen LogP contribution in [0.2, 0.25) is 0 Å². The number of nitrogens with one attached hydrogen (secondary N) is 1. The Labute approximate surface area is 179 Å². The highest BCUT2D eigenvalue weighted by Gasteiger charge is 2.26. The number of hydrogen-bond donors (Lipinski definition) is 2. The summed E-state index contributed by atoms with van der Waals surface area (Å²) >= 11 is 1.64. The number of hydrogen-bond acceptors (Lipinski definition) is 7. The molecule has 8 heteroatoms. The average Bonchev–Trinajstić information content (AvgIpc) is 3.33. The fourth-order valence-corrected chi connectivity index (χ4v) is 4.57. The van der Waals surface area contributed by atoms with Crippen molar-refractivity contribution in [3.63, 3.8) is 0 Å². The van der Waals surface area contributed by atoms with Gasteiger partial charge in [0.2, 0.25) is 11.9 Å². The van der Waals surface area contributed by atoms with Crippen molar-refractivity contribution in [2.45, 2.75) is 39.2 Å². The molecule has 1 fully saturated rings. The van der Waals surface area contributed by atoms with Crippen LogP contribution in [0.15, 0.2) is 36.5 Å². The third-order valence-electron chi connectivity index (χ3n) is 5.19. The van der Waals surface area contributed by atoms with Gasteiger partial charge in [-0.15, -0.1) is 11.3 Å². The van der Waals surface area contributed by atoms with E-state index in [9.17, 15) is 9.90 Å². The number of aromatic hydroxyl groups is 1. The van der Waals surface area contributed by atoms with E-state index in [4.69, 9.17) is 4.98 Å². The number of phenols is 1. The molecule has 2 aromatic heterocycles. The van der Waals surface area contributed by atoms with E-state index in [2.05, 4.69) is 20.2 Å². The maximum absolute atomic E-state index is 12.3. The highest BCUT2D eigenvalue weighted by atomic mass is 32.1. The van der Waals surface area contributed by atoms with Gasteiger partial charge in [0.1, 0.15) is 5.75 Å². The van der Waals surface area contributed by atoms with Crippen LogP contribution in [0.3, 0.4) is 0 Å². The Balaban J connectivity index is 1.33. The van der Waals surface area contributed by atoms with Crippen LogP contribution in [0.1, 0.15) is 29.1 Å². The number of benzene rings is 1. The number of rotatable bonds is 6. The number of amides is 1. The molecule has 1 unspecified atom stereocenters. The molecule has 0 spiro atoms. The second-order valence-electron chi connectivity index (χ2n) is 7.55. The normalized spacial score (nSPS) is 16.1. The lowest BCUT2D eigenvalue weighted by atomic mass is 10.1. The number of carbonyl (C=O) groups is 1. The van der Waals surface area contributed by atoms with Gasteiger partial charge in [-0.2, -0.15) is 0 Å². The number of thiazole rings is 1. The molecule has 30 heavy (non-hydrogen) atoms. The van der Waals surface area contributed by atoms with Gasteiger partial charge in [0, 0.05) is 31.7 Å². The van der Waals surface area contributed by atoms with E-state index in [1.807, 2.05) is 32.0 Å². The van der Waals surface area contributed by atoms with Crippen molar-refractivity contribution in [3.8, 4) is 16.3 Å². The first-order valence-corrected chi connectivity index (χ1v) is 10.9. The molecule has 4 rings (SSSR count). The van der Waals surface area contributed by atoms with Gasteiger partial charge in [0.15, 0.2) is 0 Å². The summed E-state index contributed by atoms with van der Waals surface area (Å²) in [5.74, 6) is 0.973. The SMILES string of the molecule is Cc1nc(C)c(-c2ccnc(N3CCC(NC(=O)CCc4ccc(O)cc4)C3)n2)s1. The van der Waals surface area contributed by atoms with Crippen LogP contribution in [-0.2, 0) is 11.2 Å². The van der Waals surface area contributed by atoms with E-state index >= 15 is 0 Å². The average molecular weight is 424 g/mol. The Morgan fingerprint density at radius 3 is 2.77 bits per heavy atom. The molecule has 1 atom stereocenters. The van der Waals surface area contributed by atoms with Gasteiger partial charge in [-0.1, -0.05) is 12.1 Å². The van der Waals surface area contributed by atoms with Gasteiger partial charge in [-0.25, -0.2) is 15.0 Å². The topological polar surface area (TPSA) is 91.2 Å². The first kappa shape index (κ1) is 20.3. The second-order valence-corrected chi connectivity index (χ2v) is 8.76.